The summed E-state index contributed by atoms with van der Waals surface area (Å²) in [6.45, 7) is 0. The van der Waals surface area contributed by atoms with Crippen LogP contribution in [0.4, 0.5) is 11.5 Å². The lowest BCUT2D eigenvalue weighted by Gasteiger charge is -2.09. The van der Waals surface area contributed by atoms with E-state index >= 15 is 0 Å². The predicted octanol–water partition coefficient (Wildman–Crippen LogP) is 1.11. The second kappa shape index (κ2) is 7.00. The van der Waals surface area contributed by atoms with Gasteiger partial charge in [0.1, 0.15) is 5.75 Å². The Morgan fingerprint density at radius 1 is 1.29 bits per heavy atom. The summed E-state index contributed by atoms with van der Waals surface area (Å²) < 4.78 is 31.1. The summed E-state index contributed by atoms with van der Waals surface area (Å²) in [4.78, 5) is 29.3. The molecule has 0 radical (unpaired) electrons. The number of aromatic nitrogens is 2. The van der Waals surface area contributed by atoms with Gasteiger partial charge in [0.25, 0.3) is 5.69 Å². The van der Waals surface area contributed by atoms with Crippen LogP contribution >= 0.6 is 0 Å². The number of nitro benzene ring substituents is 1. The van der Waals surface area contributed by atoms with Gasteiger partial charge < -0.3 is 4.74 Å². The van der Waals surface area contributed by atoms with Gasteiger partial charge in [-0.25, -0.2) is 23.2 Å². The van der Waals surface area contributed by atoms with Crippen LogP contribution in [0.15, 0.2) is 36.7 Å². The average molecular weight is 352 g/mol. The summed E-state index contributed by atoms with van der Waals surface area (Å²) in [5.41, 5.74) is -0.639. The second-order valence-electron chi connectivity index (χ2n) is 4.49. The molecular formula is C13H12N4O6S. The molecule has 0 spiro atoms. The van der Waals surface area contributed by atoms with Crippen molar-refractivity contribution < 1.29 is 22.9 Å². The Hall–Kier alpha value is -3.08. The molecule has 11 heteroatoms. The first kappa shape index (κ1) is 17.3. The molecule has 24 heavy (non-hydrogen) atoms. The van der Waals surface area contributed by atoms with Gasteiger partial charge in [-0.15, -0.1) is 0 Å². The monoisotopic (exact) mass is 352 g/mol. The van der Waals surface area contributed by atoms with Gasteiger partial charge in [-0.05, 0) is 0 Å². The SMILES string of the molecule is COC(=O)c1nccnc1NS(=O)(=O)Cc1ccccc1[N+](=O)[O-]. The molecule has 1 N–H and O–H groups in total. The maximum Gasteiger partial charge on any atom is 0.360 e. The van der Waals surface area contributed by atoms with E-state index in [4.69, 9.17) is 0 Å². The number of nitrogens with zero attached hydrogens (tertiary/aromatic N) is 3. The standard InChI is InChI=1S/C13H12N4O6S/c1-23-13(18)11-12(15-7-6-14-11)16-24(21,22)8-9-4-2-3-5-10(9)17(19)20/h2-7H,8H2,1H3,(H,15,16). The fourth-order valence-corrected chi connectivity index (χ4v) is 3.03. The van der Waals surface area contributed by atoms with Crippen LogP contribution in [-0.4, -0.2) is 36.4 Å². The molecule has 1 heterocycles. The third-order valence-corrected chi connectivity index (χ3v) is 4.06. The first-order chi connectivity index (χ1) is 11.3. The molecule has 0 aliphatic rings. The van der Waals surface area contributed by atoms with E-state index in [1.54, 1.807) is 0 Å². The van der Waals surface area contributed by atoms with Crippen LogP contribution in [0.5, 0.6) is 0 Å². The van der Waals surface area contributed by atoms with E-state index in [0.717, 1.165) is 7.11 Å². The number of para-hydroxylation sites is 1. The Morgan fingerprint density at radius 2 is 1.96 bits per heavy atom. The van der Waals surface area contributed by atoms with Crippen LogP contribution in [0, 0.1) is 10.1 Å². The van der Waals surface area contributed by atoms with Gasteiger partial charge >= 0.3 is 5.97 Å². The maximum absolute atomic E-state index is 12.3. The third kappa shape index (κ3) is 4.01. The number of nitro groups is 1. The van der Waals surface area contributed by atoms with Gasteiger partial charge in [0.05, 0.1) is 12.0 Å². The van der Waals surface area contributed by atoms with Crippen LogP contribution < -0.4 is 4.72 Å². The summed E-state index contributed by atoms with van der Waals surface area (Å²) in [7, 11) is -2.96. The van der Waals surface area contributed by atoms with Gasteiger partial charge in [-0.3, -0.25) is 14.8 Å². The Labute approximate surface area is 136 Å². The van der Waals surface area contributed by atoms with E-state index in [9.17, 15) is 23.3 Å². The zero-order valence-electron chi connectivity index (χ0n) is 12.4. The molecule has 1 aromatic heterocycles. The van der Waals surface area contributed by atoms with E-state index in [0.29, 0.717) is 0 Å². The molecule has 10 nitrogen and oxygen atoms in total. The van der Waals surface area contributed by atoms with E-state index < -0.39 is 26.7 Å². The van der Waals surface area contributed by atoms with E-state index in [1.807, 2.05) is 0 Å². The lowest BCUT2D eigenvalue weighted by Crippen LogP contribution is -2.20. The smallest absolute Gasteiger partial charge is 0.360 e. The number of carbonyl (C=O) groups is 1. The number of rotatable bonds is 6. The number of sulfonamides is 1. The van der Waals surface area contributed by atoms with Crippen molar-refractivity contribution in [1.29, 1.82) is 0 Å². The number of carbonyl (C=O) groups excluding carboxylic acids is 1. The number of methoxy groups -OCH3 is 1. The lowest BCUT2D eigenvalue weighted by molar-refractivity contribution is -0.385. The van der Waals surface area contributed by atoms with Crippen molar-refractivity contribution in [3.05, 3.63) is 58.0 Å². The fourth-order valence-electron chi connectivity index (χ4n) is 1.86. The van der Waals surface area contributed by atoms with E-state index in [1.165, 1.54) is 36.7 Å². The number of hydrogen-bond acceptors (Lipinski definition) is 8. The van der Waals surface area contributed by atoms with Gasteiger partial charge in [0.2, 0.25) is 10.0 Å². The Morgan fingerprint density at radius 3 is 2.62 bits per heavy atom. The normalized spacial score (nSPS) is 10.9. The summed E-state index contributed by atoms with van der Waals surface area (Å²) in [5, 5.41) is 11.0. The predicted molar refractivity (Wildman–Crippen MR) is 82.7 cm³/mol. The van der Waals surface area contributed by atoms with Crippen LogP contribution in [0.3, 0.4) is 0 Å². The van der Waals surface area contributed by atoms with Crippen LogP contribution in [0.25, 0.3) is 0 Å². The zero-order chi connectivity index (χ0) is 17.7. The molecule has 0 bridgehead atoms. The lowest BCUT2D eigenvalue weighted by atomic mass is 10.2. The van der Waals surface area contributed by atoms with Crippen LogP contribution in [0.1, 0.15) is 16.1 Å². The van der Waals surface area contributed by atoms with Crippen molar-refractivity contribution in [3.8, 4) is 0 Å². The highest BCUT2D eigenvalue weighted by molar-refractivity contribution is 7.91. The Kier molecular flexibility index (Phi) is 5.04. The van der Waals surface area contributed by atoms with Crippen molar-refractivity contribution in [3.63, 3.8) is 0 Å². The highest BCUT2D eigenvalue weighted by Gasteiger charge is 2.23. The van der Waals surface area contributed by atoms with Crippen molar-refractivity contribution in [2.24, 2.45) is 0 Å². The van der Waals surface area contributed by atoms with Gasteiger partial charge in [-0.2, -0.15) is 0 Å². The number of anilines is 1. The number of hydrogen-bond donors (Lipinski definition) is 1. The molecule has 0 amide bonds. The minimum Gasteiger partial charge on any atom is -0.464 e. The number of esters is 1. The van der Waals surface area contributed by atoms with Crippen molar-refractivity contribution in [2.75, 3.05) is 11.8 Å². The Balaban J connectivity index is 2.31. The summed E-state index contributed by atoms with van der Waals surface area (Å²) >= 11 is 0. The quantitative estimate of drug-likeness (QED) is 0.463. The fraction of sp³-hybridized carbons (Fsp3) is 0.154. The highest BCUT2D eigenvalue weighted by Crippen LogP contribution is 2.21. The summed E-state index contributed by atoms with van der Waals surface area (Å²) in [5.74, 6) is -1.85. The summed E-state index contributed by atoms with van der Waals surface area (Å²) in [6, 6.07) is 5.45. The van der Waals surface area contributed by atoms with Crippen LogP contribution in [0.2, 0.25) is 0 Å². The second-order valence-corrected chi connectivity index (χ2v) is 6.21. The van der Waals surface area contributed by atoms with Gasteiger partial charge in [0.15, 0.2) is 11.5 Å². The zero-order valence-corrected chi connectivity index (χ0v) is 13.2. The first-order valence-electron chi connectivity index (χ1n) is 6.46. The number of nitrogens with one attached hydrogen (secondary N) is 1. The molecule has 2 rings (SSSR count). The Bertz CT molecular complexity index is 884. The van der Waals surface area contributed by atoms with Crippen molar-refractivity contribution in [1.82, 2.24) is 9.97 Å². The molecule has 2 aromatic rings. The molecule has 0 aliphatic carbocycles. The molecule has 0 fully saturated rings. The minimum atomic E-state index is -4.07. The molecule has 0 saturated heterocycles. The average Bonchev–Trinajstić information content (AvgIpc) is 2.54. The number of benzene rings is 1. The molecular weight excluding hydrogens is 340 g/mol. The molecule has 0 saturated carbocycles. The van der Waals surface area contributed by atoms with Crippen molar-refractivity contribution >= 4 is 27.5 Å². The number of ether oxygens (including phenoxy) is 1. The molecule has 1 aromatic carbocycles. The largest absolute Gasteiger partial charge is 0.464 e. The topological polar surface area (TPSA) is 141 Å². The van der Waals surface area contributed by atoms with Crippen molar-refractivity contribution in [2.45, 2.75) is 5.75 Å². The molecule has 0 unspecified atom stereocenters. The first-order valence-corrected chi connectivity index (χ1v) is 8.11. The van der Waals surface area contributed by atoms with E-state index in [2.05, 4.69) is 19.4 Å². The molecule has 126 valence electrons. The minimum absolute atomic E-state index is 0.00138. The van der Waals surface area contributed by atoms with Crippen LogP contribution in [-0.2, 0) is 20.5 Å². The molecule has 0 atom stereocenters. The highest BCUT2D eigenvalue weighted by atomic mass is 32.2. The third-order valence-electron chi connectivity index (χ3n) is 2.86. The molecule has 0 aliphatic heterocycles. The van der Waals surface area contributed by atoms with Gasteiger partial charge in [-0.1, -0.05) is 18.2 Å². The summed E-state index contributed by atoms with van der Waals surface area (Å²) in [6.07, 6.45) is 2.39. The van der Waals surface area contributed by atoms with Gasteiger partial charge in [0, 0.05) is 24.0 Å². The maximum atomic E-state index is 12.3. The van der Waals surface area contributed by atoms with E-state index in [-0.39, 0.29) is 22.8 Å².